The Kier molecular flexibility index (Phi) is 6.18. The third kappa shape index (κ3) is 4.79. The monoisotopic (exact) mass is 366 g/mol. The number of hydrogen-bond donors (Lipinski definition) is 2. The molecule has 0 bridgehead atoms. The van der Waals surface area contributed by atoms with Crippen molar-refractivity contribution >= 4 is 41.3 Å². The van der Waals surface area contributed by atoms with Crippen LogP contribution in [0.2, 0.25) is 0 Å². The molecule has 1 saturated carbocycles. The Morgan fingerprint density at radius 1 is 1.59 bits per heavy atom. The van der Waals surface area contributed by atoms with Crippen LogP contribution in [0.5, 0.6) is 0 Å². The third-order valence-corrected chi connectivity index (χ3v) is 3.64. The van der Waals surface area contributed by atoms with Crippen LogP contribution >= 0.6 is 35.3 Å². The van der Waals surface area contributed by atoms with Gasteiger partial charge in [-0.15, -0.1) is 35.3 Å². The van der Waals surface area contributed by atoms with Crippen LogP contribution in [0.3, 0.4) is 0 Å². The number of guanidine groups is 1. The average Bonchev–Trinajstić information content (AvgIpc) is 3.00. The number of thiazole rings is 1. The van der Waals surface area contributed by atoms with Gasteiger partial charge < -0.3 is 10.6 Å². The van der Waals surface area contributed by atoms with Crippen molar-refractivity contribution in [2.24, 2.45) is 4.99 Å². The molecule has 0 radical (unpaired) electrons. The maximum atomic E-state index is 4.36. The van der Waals surface area contributed by atoms with Gasteiger partial charge in [0.1, 0.15) is 5.01 Å². The first-order chi connectivity index (χ1) is 7.81. The highest BCUT2D eigenvalue weighted by Gasteiger charge is 2.22. The van der Waals surface area contributed by atoms with Gasteiger partial charge in [0.15, 0.2) is 5.96 Å². The fourth-order valence-corrected chi connectivity index (χ4v) is 2.17. The molecule has 1 aliphatic rings. The summed E-state index contributed by atoms with van der Waals surface area (Å²) in [6.45, 7) is 2.91. The molecule has 1 aromatic heterocycles. The maximum absolute atomic E-state index is 4.36. The largest absolute Gasteiger partial charge is 0.354 e. The molecule has 0 saturated heterocycles. The first kappa shape index (κ1) is 14.7. The van der Waals surface area contributed by atoms with Gasteiger partial charge in [0, 0.05) is 24.2 Å². The molecule has 0 aromatic carbocycles. The minimum Gasteiger partial charge on any atom is -0.354 e. The summed E-state index contributed by atoms with van der Waals surface area (Å²) in [6.07, 6.45) is 5.54. The van der Waals surface area contributed by atoms with Crippen molar-refractivity contribution in [1.29, 1.82) is 0 Å². The molecule has 2 N–H and O–H groups in total. The summed E-state index contributed by atoms with van der Waals surface area (Å²) in [5.41, 5.74) is 0. The Balaban J connectivity index is 0.00000144. The number of nitrogens with zero attached hydrogens (tertiary/aromatic N) is 2. The molecule has 0 spiro atoms. The molecule has 2 rings (SSSR count). The third-order valence-electron chi connectivity index (χ3n) is 2.50. The van der Waals surface area contributed by atoms with Crippen LogP contribution in [0, 0.1) is 0 Å². The molecular weight excluding hydrogens is 347 g/mol. The number of aryl methyl sites for hydroxylation is 1. The standard InChI is InChI=1S/C11H18N4S.HI/c1-3-9-6-13-10(16-9)7-14-11(12-2)15-8-4-5-8;/h6,8H,3-5,7H2,1-2H3,(H2,12,14,15);1H. The number of halogens is 1. The quantitative estimate of drug-likeness (QED) is 0.488. The molecular formula is C11H19IN4S. The fourth-order valence-electron chi connectivity index (χ4n) is 1.37. The number of aliphatic imine (C=N–C) groups is 1. The summed E-state index contributed by atoms with van der Waals surface area (Å²) >= 11 is 1.76. The van der Waals surface area contributed by atoms with E-state index in [1.165, 1.54) is 17.7 Å². The number of hydrogen-bond acceptors (Lipinski definition) is 3. The summed E-state index contributed by atoms with van der Waals surface area (Å²) < 4.78 is 0. The van der Waals surface area contributed by atoms with E-state index < -0.39 is 0 Å². The molecule has 0 atom stereocenters. The van der Waals surface area contributed by atoms with Crippen LogP contribution in [0.25, 0.3) is 0 Å². The van der Waals surface area contributed by atoms with Crippen LogP contribution in [-0.2, 0) is 13.0 Å². The van der Waals surface area contributed by atoms with Gasteiger partial charge in [-0.05, 0) is 19.3 Å². The molecule has 96 valence electrons. The van der Waals surface area contributed by atoms with E-state index >= 15 is 0 Å². The Bertz CT molecular complexity index is 373. The lowest BCUT2D eigenvalue weighted by molar-refractivity contribution is 0.801. The highest BCUT2D eigenvalue weighted by molar-refractivity contribution is 14.0. The molecule has 0 amide bonds. The van der Waals surface area contributed by atoms with Crippen LogP contribution < -0.4 is 10.6 Å². The number of rotatable bonds is 4. The molecule has 1 heterocycles. The Morgan fingerprint density at radius 3 is 2.88 bits per heavy atom. The van der Waals surface area contributed by atoms with Crippen molar-refractivity contribution in [3.63, 3.8) is 0 Å². The second kappa shape index (κ2) is 7.15. The van der Waals surface area contributed by atoms with Gasteiger partial charge in [0.25, 0.3) is 0 Å². The highest BCUT2D eigenvalue weighted by atomic mass is 127. The van der Waals surface area contributed by atoms with Crippen molar-refractivity contribution in [1.82, 2.24) is 15.6 Å². The zero-order valence-electron chi connectivity index (χ0n) is 10.2. The second-order valence-corrected chi connectivity index (χ2v) is 5.12. The summed E-state index contributed by atoms with van der Waals surface area (Å²) in [6, 6.07) is 0.633. The van der Waals surface area contributed by atoms with Crippen LogP contribution in [-0.4, -0.2) is 24.0 Å². The van der Waals surface area contributed by atoms with Crippen molar-refractivity contribution in [2.45, 2.75) is 38.8 Å². The van der Waals surface area contributed by atoms with E-state index in [0.29, 0.717) is 6.04 Å². The first-order valence-electron chi connectivity index (χ1n) is 5.72. The highest BCUT2D eigenvalue weighted by Crippen LogP contribution is 2.18. The molecule has 0 unspecified atom stereocenters. The zero-order valence-corrected chi connectivity index (χ0v) is 13.3. The molecule has 6 heteroatoms. The van der Waals surface area contributed by atoms with E-state index in [4.69, 9.17) is 0 Å². The van der Waals surface area contributed by atoms with Gasteiger partial charge >= 0.3 is 0 Å². The van der Waals surface area contributed by atoms with E-state index in [2.05, 4.69) is 27.5 Å². The predicted octanol–water partition coefficient (Wildman–Crippen LogP) is 2.15. The van der Waals surface area contributed by atoms with Crippen molar-refractivity contribution < 1.29 is 0 Å². The molecule has 1 fully saturated rings. The van der Waals surface area contributed by atoms with E-state index in [0.717, 1.165) is 23.9 Å². The summed E-state index contributed by atoms with van der Waals surface area (Å²) in [5, 5.41) is 7.75. The van der Waals surface area contributed by atoms with Crippen molar-refractivity contribution in [3.05, 3.63) is 16.1 Å². The van der Waals surface area contributed by atoms with Crippen LogP contribution in [0.1, 0.15) is 29.7 Å². The van der Waals surface area contributed by atoms with Crippen molar-refractivity contribution in [2.75, 3.05) is 7.05 Å². The number of aromatic nitrogens is 1. The first-order valence-corrected chi connectivity index (χ1v) is 6.54. The molecule has 1 aliphatic carbocycles. The summed E-state index contributed by atoms with van der Waals surface area (Å²) in [4.78, 5) is 9.88. The molecule has 1 aromatic rings. The smallest absolute Gasteiger partial charge is 0.191 e. The van der Waals surface area contributed by atoms with Gasteiger partial charge in [-0.2, -0.15) is 0 Å². The molecule has 4 nitrogen and oxygen atoms in total. The number of nitrogens with one attached hydrogen (secondary N) is 2. The Morgan fingerprint density at radius 2 is 2.35 bits per heavy atom. The van der Waals surface area contributed by atoms with E-state index in [9.17, 15) is 0 Å². The summed E-state index contributed by atoms with van der Waals surface area (Å²) in [5.74, 6) is 0.885. The predicted molar refractivity (Wildman–Crippen MR) is 83.3 cm³/mol. The summed E-state index contributed by atoms with van der Waals surface area (Å²) in [7, 11) is 1.80. The Hall–Kier alpha value is -0.370. The SMILES string of the molecule is CCc1cnc(CNC(=NC)NC2CC2)s1.I. The van der Waals surface area contributed by atoms with Gasteiger partial charge in [-0.25, -0.2) is 4.98 Å². The maximum Gasteiger partial charge on any atom is 0.191 e. The topological polar surface area (TPSA) is 49.3 Å². The lowest BCUT2D eigenvalue weighted by Crippen LogP contribution is -2.37. The van der Waals surface area contributed by atoms with Crippen LogP contribution in [0.15, 0.2) is 11.2 Å². The molecule has 0 aliphatic heterocycles. The van der Waals surface area contributed by atoms with Crippen molar-refractivity contribution in [3.8, 4) is 0 Å². The van der Waals surface area contributed by atoms with Gasteiger partial charge in [0.05, 0.1) is 6.54 Å². The van der Waals surface area contributed by atoms with E-state index in [1.807, 2.05) is 6.20 Å². The second-order valence-electron chi connectivity index (χ2n) is 3.92. The van der Waals surface area contributed by atoms with E-state index in [-0.39, 0.29) is 24.0 Å². The fraction of sp³-hybridized carbons (Fsp3) is 0.636. The zero-order chi connectivity index (χ0) is 11.4. The van der Waals surface area contributed by atoms with Gasteiger partial charge in [0.2, 0.25) is 0 Å². The lowest BCUT2D eigenvalue weighted by Gasteiger charge is -2.09. The minimum absolute atomic E-state index is 0. The lowest BCUT2D eigenvalue weighted by atomic mass is 10.4. The van der Waals surface area contributed by atoms with Gasteiger partial charge in [-0.3, -0.25) is 4.99 Å². The Labute approximate surface area is 123 Å². The molecule has 17 heavy (non-hydrogen) atoms. The normalized spacial score (nSPS) is 15.3. The van der Waals surface area contributed by atoms with Crippen LogP contribution in [0.4, 0.5) is 0 Å². The minimum atomic E-state index is 0. The average molecular weight is 366 g/mol. The van der Waals surface area contributed by atoms with E-state index in [1.54, 1.807) is 18.4 Å². The van der Waals surface area contributed by atoms with Gasteiger partial charge in [-0.1, -0.05) is 6.92 Å².